The van der Waals surface area contributed by atoms with Crippen molar-refractivity contribution in [3.8, 4) is 0 Å². The summed E-state index contributed by atoms with van der Waals surface area (Å²) in [5.74, 6) is 0. The van der Waals surface area contributed by atoms with Crippen LogP contribution in [0.25, 0.3) is 0 Å². The molecule has 0 spiro atoms. The normalized spacial score (nSPS) is 13.0. The number of alkyl halides is 2. The van der Waals surface area contributed by atoms with Gasteiger partial charge in [0.1, 0.15) is 0 Å². The minimum atomic E-state index is -2.27. The second-order valence-electron chi connectivity index (χ2n) is 1.33. The van der Waals surface area contributed by atoms with Gasteiger partial charge in [0.2, 0.25) is 0 Å². The lowest BCUT2D eigenvalue weighted by atomic mass is 10.3. The fraction of sp³-hybridized carbons (Fsp3) is 0.600. The van der Waals surface area contributed by atoms with Gasteiger partial charge in [-0.3, -0.25) is 0 Å². The molecular formula is C5H8F2. The molecule has 0 N–H and O–H groups in total. The smallest absolute Gasteiger partial charge is 0.205 e. The minimum Gasteiger partial charge on any atom is -0.205 e. The predicted molar refractivity (Wildman–Crippen MR) is 25.4 cm³/mol. The fourth-order valence-corrected chi connectivity index (χ4v) is 0.126. The highest BCUT2D eigenvalue weighted by molar-refractivity contribution is 4.97. The van der Waals surface area contributed by atoms with E-state index < -0.39 is 6.43 Å². The van der Waals surface area contributed by atoms with Crippen molar-refractivity contribution < 1.29 is 8.78 Å². The molecule has 0 saturated heterocycles. The van der Waals surface area contributed by atoms with Gasteiger partial charge in [-0.05, 0) is 19.4 Å². The van der Waals surface area contributed by atoms with Crippen LogP contribution in [0.2, 0.25) is 0 Å². The molecular weight excluding hydrogens is 98.1 g/mol. The maximum absolute atomic E-state index is 11.4. The Kier molecular flexibility index (Phi) is 2.56. The number of rotatable bonds is 1. The van der Waals surface area contributed by atoms with Crippen LogP contribution in [0, 0.1) is 0 Å². The highest BCUT2D eigenvalue weighted by Gasteiger charge is 2.00. The average molecular weight is 106 g/mol. The highest BCUT2D eigenvalue weighted by atomic mass is 19.3. The van der Waals surface area contributed by atoms with E-state index in [2.05, 4.69) is 0 Å². The van der Waals surface area contributed by atoms with Crippen LogP contribution >= 0.6 is 0 Å². The molecule has 0 heterocycles. The Bertz CT molecular complexity index is 74.1. The van der Waals surface area contributed by atoms with Gasteiger partial charge in [-0.1, -0.05) is 6.08 Å². The van der Waals surface area contributed by atoms with E-state index in [4.69, 9.17) is 0 Å². The van der Waals surface area contributed by atoms with Crippen LogP contribution in [0.3, 0.4) is 0 Å². The Morgan fingerprint density at radius 3 is 2.00 bits per heavy atom. The molecule has 0 bridgehead atoms. The summed E-state index contributed by atoms with van der Waals surface area (Å²) in [6.07, 6.45) is -0.866. The molecule has 0 aliphatic carbocycles. The van der Waals surface area contributed by atoms with Crippen LogP contribution in [0.5, 0.6) is 0 Å². The summed E-state index contributed by atoms with van der Waals surface area (Å²) < 4.78 is 22.7. The van der Waals surface area contributed by atoms with E-state index in [9.17, 15) is 8.78 Å². The monoisotopic (exact) mass is 106 g/mol. The molecule has 0 aliphatic rings. The van der Waals surface area contributed by atoms with Gasteiger partial charge in [-0.2, -0.15) is 0 Å². The number of allylic oxidation sites excluding steroid dienone is 2. The maximum atomic E-state index is 11.4. The van der Waals surface area contributed by atoms with E-state index >= 15 is 0 Å². The number of hydrogen-bond acceptors (Lipinski definition) is 0. The van der Waals surface area contributed by atoms with Crippen molar-refractivity contribution in [2.75, 3.05) is 0 Å². The summed E-state index contributed by atoms with van der Waals surface area (Å²) in [7, 11) is 0. The summed E-state index contributed by atoms with van der Waals surface area (Å²) in [5.41, 5.74) is 0.139. The SMILES string of the molecule is CC=C(C)C(F)F. The summed E-state index contributed by atoms with van der Waals surface area (Å²) in [4.78, 5) is 0. The third-order valence-corrected chi connectivity index (χ3v) is 0.800. The summed E-state index contributed by atoms with van der Waals surface area (Å²) >= 11 is 0. The molecule has 0 saturated carbocycles. The lowest BCUT2D eigenvalue weighted by molar-refractivity contribution is 0.189. The van der Waals surface area contributed by atoms with Crippen molar-refractivity contribution in [1.29, 1.82) is 0 Å². The minimum absolute atomic E-state index is 0.139. The van der Waals surface area contributed by atoms with E-state index in [1.807, 2.05) is 0 Å². The molecule has 0 aromatic rings. The molecule has 0 aromatic heterocycles. The molecule has 2 heteroatoms. The lowest BCUT2D eigenvalue weighted by Crippen LogP contribution is -1.89. The quantitative estimate of drug-likeness (QED) is 0.449. The zero-order valence-electron chi connectivity index (χ0n) is 4.41. The van der Waals surface area contributed by atoms with Crippen molar-refractivity contribution in [2.45, 2.75) is 20.3 Å². The zero-order chi connectivity index (χ0) is 5.86. The summed E-state index contributed by atoms with van der Waals surface area (Å²) in [6.45, 7) is 3.01. The van der Waals surface area contributed by atoms with E-state index in [-0.39, 0.29) is 5.57 Å². The van der Waals surface area contributed by atoms with E-state index in [0.717, 1.165) is 0 Å². The molecule has 0 amide bonds. The van der Waals surface area contributed by atoms with Crippen LogP contribution in [-0.4, -0.2) is 6.43 Å². The first kappa shape index (κ1) is 6.60. The van der Waals surface area contributed by atoms with E-state index in [1.165, 1.54) is 13.0 Å². The van der Waals surface area contributed by atoms with Gasteiger partial charge in [0, 0.05) is 0 Å². The molecule has 0 aliphatic heterocycles. The standard InChI is InChI=1S/C5H8F2/c1-3-4(2)5(6)7/h3,5H,1-2H3. The Morgan fingerprint density at radius 1 is 1.57 bits per heavy atom. The van der Waals surface area contributed by atoms with Gasteiger partial charge in [-0.25, -0.2) is 8.78 Å². The summed E-state index contributed by atoms with van der Waals surface area (Å²) in [6, 6.07) is 0. The van der Waals surface area contributed by atoms with E-state index in [0.29, 0.717) is 0 Å². The van der Waals surface area contributed by atoms with Crippen molar-refractivity contribution in [2.24, 2.45) is 0 Å². The first-order valence-electron chi connectivity index (χ1n) is 2.09. The van der Waals surface area contributed by atoms with E-state index in [1.54, 1.807) is 6.92 Å². The Morgan fingerprint density at radius 2 is 2.00 bits per heavy atom. The second kappa shape index (κ2) is 2.72. The van der Waals surface area contributed by atoms with Crippen LogP contribution in [0.15, 0.2) is 11.6 Å². The van der Waals surface area contributed by atoms with Gasteiger partial charge >= 0.3 is 0 Å². The fourth-order valence-electron chi connectivity index (χ4n) is 0.126. The largest absolute Gasteiger partial charge is 0.259 e. The summed E-state index contributed by atoms with van der Waals surface area (Å²) in [5, 5.41) is 0. The maximum Gasteiger partial charge on any atom is 0.259 e. The molecule has 0 unspecified atom stereocenters. The van der Waals surface area contributed by atoms with Gasteiger partial charge in [0.15, 0.2) is 0 Å². The molecule has 0 nitrogen and oxygen atoms in total. The number of hydrogen-bond donors (Lipinski definition) is 0. The van der Waals surface area contributed by atoms with Gasteiger partial charge in [0.25, 0.3) is 6.43 Å². The molecule has 0 radical (unpaired) electrons. The van der Waals surface area contributed by atoms with Crippen molar-refractivity contribution in [3.05, 3.63) is 11.6 Å². The van der Waals surface area contributed by atoms with Crippen molar-refractivity contribution >= 4 is 0 Å². The predicted octanol–water partition coefficient (Wildman–Crippen LogP) is 2.22. The molecule has 42 valence electrons. The van der Waals surface area contributed by atoms with Crippen LogP contribution < -0.4 is 0 Å². The van der Waals surface area contributed by atoms with Gasteiger partial charge in [0.05, 0.1) is 0 Å². The first-order chi connectivity index (χ1) is 3.18. The Hall–Kier alpha value is -0.400. The van der Waals surface area contributed by atoms with Crippen LogP contribution in [0.1, 0.15) is 13.8 Å². The Balaban J connectivity index is 3.56. The van der Waals surface area contributed by atoms with Crippen LogP contribution in [0.4, 0.5) is 8.78 Å². The number of halogens is 2. The third-order valence-electron chi connectivity index (χ3n) is 0.800. The highest BCUT2D eigenvalue weighted by Crippen LogP contribution is 2.04. The first-order valence-corrected chi connectivity index (χ1v) is 2.09. The molecule has 0 aromatic carbocycles. The zero-order valence-corrected chi connectivity index (χ0v) is 4.41. The van der Waals surface area contributed by atoms with Gasteiger partial charge in [-0.15, -0.1) is 0 Å². The molecule has 0 fully saturated rings. The molecule has 0 rings (SSSR count). The van der Waals surface area contributed by atoms with Crippen molar-refractivity contribution in [1.82, 2.24) is 0 Å². The average Bonchev–Trinajstić information content (AvgIpc) is 1.65. The van der Waals surface area contributed by atoms with Crippen molar-refractivity contribution in [3.63, 3.8) is 0 Å². The second-order valence-corrected chi connectivity index (χ2v) is 1.33. The molecule has 7 heavy (non-hydrogen) atoms. The Labute approximate surface area is 41.8 Å². The molecule has 0 atom stereocenters. The van der Waals surface area contributed by atoms with Crippen LogP contribution in [-0.2, 0) is 0 Å². The third kappa shape index (κ3) is 2.31. The van der Waals surface area contributed by atoms with Gasteiger partial charge < -0.3 is 0 Å². The topological polar surface area (TPSA) is 0 Å². The lowest BCUT2D eigenvalue weighted by Gasteiger charge is -1.92.